The third-order valence-electron chi connectivity index (χ3n) is 4.38. The van der Waals surface area contributed by atoms with Crippen LogP contribution >= 0.6 is 11.3 Å². The van der Waals surface area contributed by atoms with E-state index in [9.17, 15) is 14.4 Å². The average molecular weight is 399 g/mol. The second-order valence-electron chi connectivity index (χ2n) is 6.79. The molecule has 3 rings (SSSR count). The molecule has 1 amide bonds. The molecule has 8 heteroatoms. The van der Waals surface area contributed by atoms with Crippen molar-refractivity contribution in [3.63, 3.8) is 0 Å². The number of nitrogens with one attached hydrogen (secondary N) is 2. The van der Waals surface area contributed by atoms with Gasteiger partial charge in [-0.05, 0) is 51.3 Å². The second kappa shape index (κ2) is 7.55. The first-order valence-corrected chi connectivity index (χ1v) is 9.54. The number of esters is 1. The number of fused-ring (bicyclic) bond motifs is 1. The molecule has 7 nitrogen and oxygen atoms in total. The summed E-state index contributed by atoms with van der Waals surface area (Å²) >= 11 is 1.09. The van der Waals surface area contributed by atoms with E-state index in [0.29, 0.717) is 21.6 Å². The third-order valence-corrected chi connectivity index (χ3v) is 5.55. The fraction of sp³-hybridized carbons (Fsp3) is 0.300. The van der Waals surface area contributed by atoms with E-state index in [1.54, 1.807) is 13.8 Å². The topological polar surface area (TPSA) is 101 Å². The number of ether oxygens (including phenoxy) is 1. The Morgan fingerprint density at radius 1 is 1.14 bits per heavy atom. The lowest BCUT2D eigenvalue weighted by atomic mass is 10.1. The standard InChI is InChI=1S/C20H21N3O4S/c1-9-6-10(2)16(11(3)7-9)23-14(24)8-27-20(26)17-12(4)15-18(25)21-13(5)22-19(15)28-17/h6-7H,8H2,1-5H3,(H,23,24)(H,21,22,25). The van der Waals surface area contributed by atoms with Crippen molar-refractivity contribution in [2.24, 2.45) is 0 Å². The summed E-state index contributed by atoms with van der Waals surface area (Å²) in [5.41, 5.74) is 3.92. The zero-order chi connectivity index (χ0) is 20.6. The number of H-pyrrole nitrogens is 1. The van der Waals surface area contributed by atoms with Gasteiger partial charge in [-0.25, -0.2) is 9.78 Å². The number of carbonyl (C=O) groups excluding carboxylic acids is 2. The van der Waals surface area contributed by atoms with Gasteiger partial charge in [0.1, 0.15) is 15.5 Å². The van der Waals surface area contributed by atoms with Gasteiger partial charge in [-0.1, -0.05) is 17.7 Å². The van der Waals surface area contributed by atoms with Crippen LogP contribution in [0.15, 0.2) is 16.9 Å². The number of amides is 1. The number of thiophene rings is 1. The monoisotopic (exact) mass is 399 g/mol. The van der Waals surface area contributed by atoms with Crippen molar-refractivity contribution in [2.45, 2.75) is 34.6 Å². The summed E-state index contributed by atoms with van der Waals surface area (Å²) in [6, 6.07) is 3.95. The summed E-state index contributed by atoms with van der Waals surface area (Å²) in [5, 5.41) is 3.16. The molecule has 146 valence electrons. The van der Waals surface area contributed by atoms with Crippen LogP contribution in [0.25, 0.3) is 10.2 Å². The van der Waals surface area contributed by atoms with Crippen LogP contribution < -0.4 is 10.9 Å². The van der Waals surface area contributed by atoms with Crippen molar-refractivity contribution in [1.82, 2.24) is 9.97 Å². The number of anilines is 1. The van der Waals surface area contributed by atoms with E-state index in [2.05, 4.69) is 15.3 Å². The highest BCUT2D eigenvalue weighted by Gasteiger charge is 2.21. The Morgan fingerprint density at radius 3 is 2.43 bits per heavy atom. The number of hydrogen-bond acceptors (Lipinski definition) is 6. The quantitative estimate of drug-likeness (QED) is 0.656. The van der Waals surface area contributed by atoms with Crippen LogP contribution in [-0.4, -0.2) is 28.5 Å². The smallest absolute Gasteiger partial charge is 0.349 e. The summed E-state index contributed by atoms with van der Waals surface area (Å²) in [6.45, 7) is 8.74. The molecule has 0 radical (unpaired) electrons. The van der Waals surface area contributed by atoms with Crippen LogP contribution in [-0.2, 0) is 9.53 Å². The Labute approximate surface area is 165 Å². The molecule has 0 unspecified atom stereocenters. The normalized spacial score (nSPS) is 10.9. The Kier molecular flexibility index (Phi) is 5.33. The molecule has 0 spiro atoms. The van der Waals surface area contributed by atoms with Crippen molar-refractivity contribution in [2.75, 3.05) is 11.9 Å². The van der Waals surface area contributed by atoms with Crippen molar-refractivity contribution in [3.8, 4) is 0 Å². The highest BCUT2D eigenvalue weighted by Crippen LogP contribution is 2.27. The molecule has 0 saturated carbocycles. The second-order valence-corrected chi connectivity index (χ2v) is 7.78. The predicted octanol–water partition coefficient (Wildman–Crippen LogP) is 3.32. The fourth-order valence-corrected chi connectivity index (χ4v) is 4.32. The van der Waals surface area contributed by atoms with Crippen LogP contribution in [0.1, 0.15) is 37.7 Å². The number of nitrogens with zero attached hydrogens (tertiary/aromatic N) is 1. The molecule has 2 aromatic heterocycles. The maximum Gasteiger partial charge on any atom is 0.349 e. The summed E-state index contributed by atoms with van der Waals surface area (Å²) in [7, 11) is 0. The van der Waals surface area contributed by atoms with Crippen LogP contribution in [0.4, 0.5) is 5.69 Å². The van der Waals surface area contributed by atoms with Gasteiger partial charge in [0.05, 0.1) is 5.39 Å². The van der Waals surface area contributed by atoms with E-state index < -0.39 is 18.5 Å². The molecule has 2 N–H and O–H groups in total. The predicted molar refractivity (Wildman–Crippen MR) is 109 cm³/mol. The van der Waals surface area contributed by atoms with Gasteiger partial charge in [-0.3, -0.25) is 9.59 Å². The van der Waals surface area contributed by atoms with E-state index in [4.69, 9.17) is 4.74 Å². The zero-order valence-electron chi connectivity index (χ0n) is 16.4. The molecule has 1 aromatic carbocycles. The first kappa shape index (κ1) is 19.8. The maximum atomic E-state index is 12.4. The maximum absolute atomic E-state index is 12.4. The van der Waals surface area contributed by atoms with Gasteiger partial charge in [0.25, 0.3) is 11.5 Å². The Balaban J connectivity index is 1.73. The molecule has 0 aliphatic rings. The molecule has 0 atom stereocenters. The minimum absolute atomic E-state index is 0.272. The largest absolute Gasteiger partial charge is 0.451 e. The SMILES string of the molecule is Cc1cc(C)c(NC(=O)COC(=O)c2sc3nc(C)[nH]c(=O)c3c2C)c(C)c1. The average Bonchev–Trinajstić information content (AvgIpc) is 2.92. The van der Waals surface area contributed by atoms with E-state index in [1.165, 1.54) is 0 Å². The molecular weight excluding hydrogens is 378 g/mol. The Bertz CT molecular complexity index is 1140. The molecule has 28 heavy (non-hydrogen) atoms. The van der Waals surface area contributed by atoms with Gasteiger partial charge < -0.3 is 15.0 Å². The highest BCUT2D eigenvalue weighted by molar-refractivity contribution is 7.20. The first-order valence-electron chi connectivity index (χ1n) is 8.72. The molecule has 0 saturated heterocycles. The Morgan fingerprint density at radius 2 is 1.79 bits per heavy atom. The summed E-state index contributed by atoms with van der Waals surface area (Å²) < 4.78 is 5.17. The molecule has 0 fully saturated rings. The summed E-state index contributed by atoms with van der Waals surface area (Å²) in [4.78, 5) is 44.4. The van der Waals surface area contributed by atoms with Crippen molar-refractivity contribution >= 4 is 39.1 Å². The van der Waals surface area contributed by atoms with Gasteiger partial charge in [0.15, 0.2) is 6.61 Å². The third kappa shape index (κ3) is 3.82. The van der Waals surface area contributed by atoms with Gasteiger partial charge in [0, 0.05) is 5.69 Å². The van der Waals surface area contributed by atoms with E-state index >= 15 is 0 Å². The summed E-state index contributed by atoms with van der Waals surface area (Å²) in [6.07, 6.45) is 0. The van der Waals surface area contributed by atoms with E-state index in [1.807, 2.05) is 32.9 Å². The fourth-order valence-electron chi connectivity index (χ4n) is 3.20. The number of carbonyl (C=O) groups is 2. The Hall–Kier alpha value is -3.00. The molecular formula is C20H21N3O4S. The number of aryl methyl sites for hydroxylation is 5. The number of aromatic nitrogens is 2. The summed E-state index contributed by atoms with van der Waals surface area (Å²) in [5.74, 6) is -0.596. The van der Waals surface area contributed by atoms with Crippen molar-refractivity contribution in [1.29, 1.82) is 0 Å². The minimum atomic E-state index is -0.648. The van der Waals surface area contributed by atoms with Gasteiger partial charge in [-0.2, -0.15) is 0 Å². The molecule has 0 bridgehead atoms. The lowest BCUT2D eigenvalue weighted by molar-refractivity contribution is -0.119. The number of benzene rings is 1. The lowest BCUT2D eigenvalue weighted by Gasteiger charge is -2.13. The van der Waals surface area contributed by atoms with Gasteiger partial charge in [-0.15, -0.1) is 11.3 Å². The van der Waals surface area contributed by atoms with Gasteiger partial charge >= 0.3 is 5.97 Å². The molecule has 3 aromatic rings. The van der Waals surface area contributed by atoms with Crippen LogP contribution in [0, 0.1) is 34.6 Å². The first-order chi connectivity index (χ1) is 13.2. The van der Waals surface area contributed by atoms with Crippen LogP contribution in [0.2, 0.25) is 0 Å². The van der Waals surface area contributed by atoms with Crippen molar-refractivity contribution < 1.29 is 14.3 Å². The number of hydrogen-bond donors (Lipinski definition) is 2. The van der Waals surface area contributed by atoms with Crippen LogP contribution in [0.5, 0.6) is 0 Å². The van der Waals surface area contributed by atoms with Crippen LogP contribution in [0.3, 0.4) is 0 Å². The zero-order valence-corrected chi connectivity index (χ0v) is 17.2. The van der Waals surface area contributed by atoms with E-state index in [0.717, 1.165) is 33.7 Å². The minimum Gasteiger partial charge on any atom is -0.451 e. The molecule has 0 aliphatic carbocycles. The van der Waals surface area contributed by atoms with Crippen molar-refractivity contribution in [3.05, 3.63) is 55.4 Å². The number of rotatable bonds is 4. The number of aromatic amines is 1. The molecule has 2 heterocycles. The molecule has 0 aliphatic heterocycles. The lowest BCUT2D eigenvalue weighted by Crippen LogP contribution is -2.22. The van der Waals surface area contributed by atoms with Gasteiger partial charge in [0.2, 0.25) is 0 Å². The highest BCUT2D eigenvalue weighted by atomic mass is 32.1. The van der Waals surface area contributed by atoms with E-state index in [-0.39, 0.29) is 10.4 Å².